The first kappa shape index (κ1) is 10.7. The number of aliphatic hydroxyl groups is 1. The van der Waals surface area contributed by atoms with Gasteiger partial charge in [-0.15, -0.1) is 6.58 Å². The quantitative estimate of drug-likeness (QED) is 0.463. The normalized spacial score (nSPS) is 15.9. The molecule has 0 saturated heterocycles. The highest BCUT2D eigenvalue weighted by Crippen LogP contribution is 2.11. The van der Waals surface area contributed by atoms with Gasteiger partial charge in [0.2, 0.25) is 0 Å². The molecule has 1 heteroatoms. The fourth-order valence-electron chi connectivity index (χ4n) is 1.02. The second kappa shape index (κ2) is 6.41. The van der Waals surface area contributed by atoms with Gasteiger partial charge in [0.25, 0.3) is 0 Å². The van der Waals surface area contributed by atoms with Gasteiger partial charge in [-0.1, -0.05) is 39.2 Å². The minimum atomic E-state index is -0.181. The first-order valence-corrected chi connectivity index (χ1v) is 4.53. The molecule has 66 valence electrons. The summed E-state index contributed by atoms with van der Waals surface area (Å²) in [6, 6.07) is 0. The molecule has 11 heavy (non-hydrogen) atoms. The number of unbranched alkanes of at least 4 members (excludes halogenated alkanes) is 2. The van der Waals surface area contributed by atoms with Crippen LogP contribution >= 0.6 is 0 Å². The first-order valence-electron chi connectivity index (χ1n) is 4.53. The molecule has 0 heterocycles. The van der Waals surface area contributed by atoms with Gasteiger partial charge in [-0.25, -0.2) is 0 Å². The van der Waals surface area contributed by atoms with E-state index in [-0.39, 0.29) is 12.0 Å². The van der Waals surface area contributed by atoms with Crippen LogP contribution < -0.4 is 0 Å². The molecule has 0 aliphatic carbocycles. The van der Waals surface area contributed by atoms with Crippen LogP contribution in [0, 0.1) is 5.92 Å². The highest BCUT2D eigenvalue weighted by Gasteiger charge is 2.08. The molecule has 0 fully saturated rings. The fourth-order valence-corrected chi connectivity index (χ4v) is 1.02. The maximum atomic E-state index is 9.47. The maximum Gasteiger partial charge on any atom is 0.0600 e. The van der Waals surface area contributed by atoms with Crippen LogP contribution in [0.25, 0.3) is 0 Å². The summed E-state index contributed by atoms with van der Waals surface area (Å²) >= 11 is 0. The monoisotopic (exact) mass is 156 g/mol. The van der Waals surface area contributed by atoms with Crippen LogP contribution in [0.4, 0.5) is 0 Å². The van der Waals surface area contributed by atoms with E-state index < -0.39 is 0 Å². The Morgan fingerprint density at radius 1 is 1.45 bits per heavy atom. The molecule has 2 unspecified atom stereocenters. The van der Waals surface area contributed by atoms with Crippen molar-refractivity contribution in [2.75, 3.05) is 0 Å². The van der Waals surface area contributed by atoms with Crippen LogP contribution in [0.15, 0.2) is 12.7 Å². The Kier molecular flexibility index (Phi) is 6.24. The Morgan fingerprint density at radius 3 is 2.55 bits per heavy atom. The van der Waals surface area contributed by atoms with E-state index >= 15 is 0 Å². The minimum Gasteiger partial charge on any atom is -0.393 e. The van der Waals surface area contributed by atoms with Gasteiger partial charge in [0.05, 0.1) is 6.10 Å². The van der Waals surface area contributed by atoms with Crippen molar-refractivity contribution in [3.05, 3.63) is 12.7 Å². The SMILES string of the molecule is C=CC(C)C(O)CCCCC. The van der Waals surface area contributed by atoms with E-state index in [4.69, 9.17) is 0 Å². The van der Waals surface area contributed by atoms with Gasteiger partial charge in [0.1, 0.15) is 0 Å². The van der Waals surface area contributed by atoms with E-state index in [9.17, 15) is 5.11 Å². The van der Waals surface area contributed by atoms with Crippen LogP contribution in [-0.4, -0.2) is 11.2 Å². The molecule has 0 saturated carbocycles. The lowest BCUT2D eigenvalue weighted by molar-refractivity contribution is 0.125. The van der Waals surface area contributed by atoms with Crippen molar-refractivity contribution < 1.29 is 5.11 Å². The van der Waals surface area contributed by atoms with E-state index in [0.29, 0.717) is 0 Å². The van der Waals surface area contributed by atoms with Crippen molar-refractivity contribution >= 4 is 0 Å². The molecule has 2 atom stereocenters. The van der Waals surface area contributed by atoms with Crippen LogP contribution in [0.2, 0.25) is 0 Å². The zero-order valence-electron chi connectivity index (χ0n) is 7.71. The fraction of sp³-hybridized carbons (Fsp3) is 0.800. The summed E-state index contributed by atoms with van der Waals surface area (Å²) in [6.45, 7) is 7.82. The van der Waals surface area contributed by atoms with Crippen molar-refractivity contribution in [1.82, 2.24) is 0 Å². The summed E-state index contributed by atoms with van der Waals surface area (Å²) in [7, 11) is 0. The van der Waals surface area contributed by atoms with Crippen LogP contribution in [0.3, 0.4) is 0 Å². The molecule has 1 N–H and O–H groups in total. The third-order valence-corrected chi connectivity index (χ3v) is 2.08. The molecule has 1 nitrogen and oxygen atoms in total. The first-order chi connectivity index (χ1) is 5.22. The van der Waals surface area contributed by atoms with E-state index in [1.54, 1.807) is 0 Å². The Balaban J connectivity index is 3.35. The predicted octanol–water partition coefficient (Wildman–Crippen LogP) is 2.75. The Bertz CT molecular complexity index is 99.0. The van der Waals surface area contributed by atoms with Crippen molar-refractivity contribution in [3.63, 3.8) is 0 Å². The van der Waals surface area contributed by atoms with Gasteiger partial charge in [-0.05, 0) is 12.3 Å². The topological polar surface area (TPSA) is 20.2 Å². The molecule has 0 radical (unpaired) electrons. The summed E-state index contributed by atoms with van der Waals surface area (Å²) in [6.07, 6.45) is 6.13. The molecule has 0 rings (SSSR count). The lowest BCUT2D eigenvalue weighted by atomic mass is 9.99. The maximum absolute atomic E-state index is 9.47. The highest BCUT2D eigenvalue weighted by molar-refractivity contribution is 4.80. The van der Waals surface area contributed by atoms with Crippen molar-refractivity contribution in [2.45, 2.75) is 45.6 Å². The smallest absolute Gasteiger partial charge is 0.0600 e. The summed E-state index contributed by atoms with van der Waals surface area (Å²) in [4.78, 5) is 0. The van der Waals surface area contributed by atoms with Crippen LogP contribution in [0.1, 0.15) is 39.5 Å². The van der Waals surface area contributed by atoms with Crippen molar-refractivity contribution in [1.29, 1.82) is 0 Å². The van der Waals surface area contributed by atoms with Gasteiger partial charge < -0.3 is 5.11 Å². The lowest BCUT2D eigenvalue weighted by Crippen LogP contribution is -2.14. The number of aliphatic hydroxyl groups excluding tert-OH is 1. The minimum absolute atomic E-state index is 0.181. The second-order valence-electron chi connectivity index (χ2n) is 3.16. The summed E-state index contributed by atoms with van der Waals surface area (Å²) in [5, 5.41) is 9.47. The van der Waals surface area contributed by atoms with E-state index in [2.05, 4.69) is 13.5 Å². The molecule has 0 aromatic rings. The van der Waals surface area contributed by atoms with Crippen molar-refractivity contribution in [3.8, 4) is 0 Å². The second-order valence-corrected chi connectivity index (χ2v) is 3.16. The van der Waals surface area contributed by atoms with Gasteiger partial charge in [-0.2, -0.15) is 0 Å². The molecule has 0 spiro atoms. The average molecular weight is 156 g/mol. The van der Waals surface area contributed by atoms with Gasteiger partial charge >= 0.3 is 0 Å². The average Bonchev–Trinajstić information content (AvgIpc) is 2.03. The molecular formula is C10H20O. The molecule has 0 aliphatic rings. The Morgan fingerprint density at radius 2 is 2.09 bits per heavy atom. The van der Waals surface area contributed by atoms with Gasteiger partial charge in [0.15, 0.2) is 0 Å². The summed E-state index contributed by atoms with van der Waals surface area (Å²) in [5.74, 6) is 0.242. The van der Waals surface area contributed by atoms with E-state index in [1.807, 2.05) is 13.0 Å². The van der Waals surface area contributed by atoms with Crippen LogP contribution in [0.5, 0.6) is 0 Å². The standard InChI is InChI=1S/C10H20O/c1-4-6-7-8-10(11)9(3)5-2/h5,9-11H,2,4,6-8H2,1,3H3. The van der Waals surface area contributed by atoms with Gasteiger partial charge in [-0.3, -0.25) is 0 Å². The van der Waals surface area contributed by atoms with E-state index in [1.165, 1.54) is 12.8 Å². The Hall–Kier alpha value is -0.300. The zero-order chi connectivity index (χ0) is 8.69. The lowest BCUT2D eigenvalue weighted by Gasteiger charge is -2.14. The molecule has 0 aliphatic heterocycles. The van der Waals surface area contributed by atoms with E-state index in [0.717, 1.165) is 12.8 Å². The largest absolute Gasteiger partial charge is 0.393 e. The highest BCUT2D eigenvalue weighted by atomic mass is 16.3. The zero-order valence-corrected chi connectivity index (χ0v) is 7.71. The molecule has 0 bridgehead atoms. The third-order valence-electron chi connectivity index (χ3n) is 2.08. The molecule has 0 aromatic heterocycles. The predicted molar refractivity (Wildman–Crippen MR) is 49.5 cm³/mol. The molecule has 0 aromatic carbocycles. The van der Waals surface area contributed by atoms with Gasteiger partial charge in [0, 0.05) is 0 Å². The number of hydrogen-bond donors (Lipinski definition) is 1. The molecule has 0 amide bonds. The Labute approximate surface area is 70.1 Å². The van der Waals surface area contributed by atoms with Crippen LogP contribution in [-0.2, 0) is 0 Å². The number of rotatable bonds is 6. The summed E-state index contributed by atoms with van der Waals surface area (Å²) < 4.78 is 0. The summed E-state index contributed by atoms with van der Waals surface area (Å²) in [5.41, 5.74) is 0. The van der Waals surface area contributed by atoms with Crippen molar-refractivity contribution in [2.24, 2.45) is 5.92 Å². The molecular weight excluding hydrogens is 136 g/mol. The number of hydrogen-bond acceptors (Lipinski definition) is 1. The third kappa shape index (κ3) is 5.02.